The average Bonchev–Trinajstić information content (AvgIpc) is 3.60. The Morgan fingerprint density at radius 2 is 1.95 bits per heavy atom. The van der Waals surface area contributed by atoms with E-state index in [1.165, 1.54) is 0 Å². The molecule has 3 N–H and O–H groups in total. The van der Waals surface area contributed by atoms with Gasteiger partial charge in [0.1, 0.15) is 24.9 Å². The Kier molecular flexibility index (Phi) is 6.85. The first-order chi connectivity index (χ1) is 18.3. The summed E-state index contributed by atoms with van der Waals surface area (Å²) in [4.78, 5) is 56.4. The van der Waals surface area contributed by atoms with Gasteiger partial charge in [0.25, 0.3) is 0 Å². The zero-order valence-electron chi connectivity index (χ0n) is 23.7. The van der Waals surface area contributed by atoms with Crippen molar-refractivity contribution in [3.05, 3.63) is 0 Å². The van der Waals surface area contributed by atoms with Crippen molar-refractivity contribution in [1.82, 2.24) is 25.8 Å². The maximum absolute atomic E-state index is 14.0. The molecule has 3 saturated heterocycles. The van der Waals surface area contributed by atoms with Gasteiger partial charge in [-0.15, -0.1) is 0 Å². The molecule has 39 heavy (non-hydrogen) atoms. The molecule has 0 aromatic carbocycles. The number of hydrogen-bond donors (Lipinski definition) is 3. The Labute approximate surface area is 230 Å². The molecule has 6 atom stereocenters. The number of rotatable bonds is 6. The van der Waals surface area contributed by atoms with Crippen LogP contribution in [-0.4, -0.2) is 83.6 Å². The molecule has 5 fully saturated rings. The highest BCUT2D eigenvalue weighted by molar-refractivity contribution is 5.94. The number of carbonyl (C=O) groups is 4. The van der Waals surface area contributed by atoms with E-state index in [9.17, 15) is 24.4 Å². The number of carbonyl (C=O) groups excluding carboxylic acids is 4. The summed E-state index contributed by atoms with van der Waals surface area (Å²) in [6, 6.07) is -0.594. The van der Waals surface area contributed by atoms with E-state index in [1.54, 1.807) is 9.80 Å². The molecular formula is C28H42N6O5. The lowest BCUT2D eigenvalue weighted by atomic mass is 9.85. The summed E-state index contributed by atoms with van der Waals surface area (Å²) in [5.74, 6) is -0.877. The summed E-state index contributed by atoms with van der Waals surface area (Å²) >= 11 is 0. The van der Waals surface area contributed by atoms with Gasteiger partial charge in [-0.2, -0.15) is 5.26 Å². The van der Waals surface area contributed by atoms with Crippen molar-refractivity contribution >= 4 is 23.8 Å². The highest BCUT2D eigenvalue weighted by Crippen LogP contribution is 2.65. The summed E-state index contributed by atoms with van der Waals surface area (Å²) in [6.45, 7) is 11.6. The van der Waals surface area contributed by atoms with Gasteiger partial charge in [-0.3, -0.25) is 14.4 Å². The average molecular weight is 543 g/mol. The van der Waals surface area contributed by atoms with Gasteiger partial charge in [-0.25, -0.2) is 4.79 Å². The first-order valence-corrected chi connectivity index (χ1v) is 14.2. The molecule has 11 nitrogen and oxygen atoms in total. The SMILES string of the molecule is CC(C)(C)[C@H](NC(=O)N1CCCOC1)C(=O)N1C[C@H]2[C@@H]([C@H]1C(=O)N[C@H](C#N)C[C@@H]1CC3(CC3)NC1=O)C2(C)C. The van der Waals surface area contributed by atoms with Crippen LogP contribution in [0.15, 0.2) is 0 Å². The lowest BCUT2D eigenvalue weighted by Crippen LogP contribution is -2.61. The van der Waals surface area contributed by atoms with Gasteiger partial charge in [0, 0.05) is 24.5 Å². The largest absolute Gasteiger partial charge is 0.361 e. The molecule has 214 valence electrons. The number of amides is 5. The summed E-state index contributed by atoms with van der Waals surface area (Å²) < 4.78 is 5.40. The number of likely N-dealkylation sites (tertiary alicyclic amines) is 1. The molecule has 0 aromatic heterocycles. The Morgan fingerprint density at radius 3 is 2.51 bits per heavy atom. The summed E-state index contributed by atoms with van der Waals surface area (Å²) in [5, 5.41) is 18.7. The van der Waals surface area contributed by atoms with Gasteiger partial charge < -0.3 is 30.5 Å². The normalized spacial score (nSPS) is 31.5. The Balaban J connectivity index is 1.30. The van der Waals surface area contributed by atoms with Crippen LogP contribution in [0.1, 0.15) is 66.7 Å². The molecule has 5 rings (SSSR count). The predicted molar refractivity (Wildman–Crippen MR) is 141 cm³/mol. The first-order valence-electron chi connectivity index (χ1n) is 14.2. The van der Waals surface area contributed by atoms with Gasteiger partial charge in [-0.05, 0) is 54.8 Å². The van der Waals surface area contributed by atoms with Crippen molar-refractivity contribution in [2.75, 3.05) is 26.4 Å². The number of nitriles is 1. The van der Waals surface area contributed by atoms with Crippen molar-refractivity contribution in [2.24, 2.45) is 28.6 Å². The van der Waals surface area contributed by atoms with Crippen LogP contribution in [0.25, 0.3) is 0 Å². The molecule has 0 bridgehead atoms. The fraction of sp³-hybridized carbons (Fsp3) is 0.821. The molecule has 5 amide bonds. The van der Waals surface area contributed by atoms with Gasteiger partial charge in [0.2, 0.25) is 17.7 Å². The second-order valence-corrected chi connectivity index (χ2v) is 13.9. The van der Waals surface area contributed by atoms with Gasteiger partial charge in [-0.1, -0.05) is 34.6 Å². The Hall–Kier alpha value is -2.87. The fourth-order valence-corrected chi connectivity index (χ4v) is 6.93. The van der Waals surface area contributed by atoms with Crippen LogP contribution in [0.5, 0.6) is 0 Å². The fourth-order valence-electron chi connectivity index (χ4n) is 6.93. The predicted octanol–water partition coefficient (Wildman–Crippen LogP) is 1.34. The molecular weight excluding hydrogens is 500 g/mol. The van der Waals surface area contributed by atoms with E-state index >= 15 is 0 Å². The zero-order valence-corrected chi connectivity index (χ0v) is 23.7. The van der Waals surface area contributed by atoms with Crippen molar-refractivity contribution < 1.29 is 23.9 Å². The smallest absolute Gasteiger partial charge is 0.319 e. The number of nitrogens with one attached hydrogen (secondary N) is 3. The van der Waals surface area contributed by atoms with Crippen molar-refractivity contribution in [3.8, 4) is 6.07 Å². The van der Waals surface area contributed by atoms with E-state index in [2.05, 4.69) is 35.9 Å². The summed E-state index contributed by atoms with van der Waals surface area (Å²) in [6.07, 6.45) is 3.61. The number of fused-ring (bicyclic) bond motifs is 1. The van der Waals surface area contributed by atoms with Gasteiger partial charge in [0.15, 0.2) is 0 Å². The number of hydrogen-bond acceptors (Lipinski definition) is 6. The Morgan fingerprint density at radius 1 is 1.23 bits per heavy atom. The molecule has 11 heteroatoms. The minimum Gasteiger partial charge on any atom is -0.361 e. The van der Waals surface area contributed by atoms with Crippen LogP contribution >= 0.6 is 0 Å². The Bertz CT molecular complexity index is 1080. The molecule has 0 aromatic rings. The van der Waals surface area contributed by atoms with E-state index in [1.807, 2.05) is 20.8 Å². The molecule has 3 heterocycles. The second-order valence-electron chi connectivity index (χ2n) is 13.9. The molecule has 5 aliphatic rings. The maximum atomic E-state index is 14.0. The van der Waals surface area contributed by atoms with Crippen molar-refractivity contribution in [2.45, 2.75) is 90.4 Å². The third-order valence-corrected chi connectivity index (χ3v) is 9.63. The highest BCUT2D eigenvalue weighted by Gasteiger charge is 2.70. The van der Waals surface area contributed by atoms with E-state index in [4.69, 9.17) is 4.74 Å². The minimum absolute atomic E-state index is 0.0304. The molecule has 0 radical (unpaired) electrons. The van der Waals surface area contributed by atoms with Crippen LogP contribution < -0.4 is 16.0 Å². The number of ether oxygens (including phenoxy) is 1. The first kappa shape index (κ1) is 27.7. The number of nitrogens with zero attached hydrogens (tertiary/aromatic N) is 3. The van der Waals surface area contributed by atoms with E-state index in [0.717, 1.165) is 19.3 Å². The second kappa shape index (κ2) is 9.65. The van der Waals surface area contributed by atoms with Crippen LogP contribution in [0, 0.1) is 39.9 Å². The quantitative estimate of drug-likeness (QED) is 0.462. The van der Waals surface area contributed by atoms with Crippen LogP contribution in [0.4, 0.5) is 4.79 Å². The molecule has 2 saturated carbocycles. The van der Waals surface area contributed by atoms with Crippen molar-refractivity contribution in [1.29, 1.82) is 5.26 Å². The lowest BCUT2D eigenvalue weighted by Gasteiger charge is -2.39. The monoisotopic (exact) mass is 542 g/mol. The van der Waals surface area contributed by atoms with Gasteiger partial charge in [0.05, 0.1) is 12.7 Å². The minimum atomic E-state index is -0.841. The molecule has 0 unspecified atom stereocenters. The standard InChI is InChI=1S/C28H42N6O5/c1-26(2,3)21(31-25(38)33-9-6-10-39-15-33)24(37)34-14-18-19(27(18,4)5)20(34)23(36)30-17(13-29)11-16-12-28(7-8-28)32-22(16)35/h16-21H,6-12,14-15H2,1-5H3,(H,30,36)(H,31,38)(H,32,35)/t16-,17+,18+,19+,20+,21-/m1/s1. The highest BCUT2D eigenvalue weighted by atomic mass is 16.5. The van der Waals surface area contributed by atoms with Gasteiger partial charge >= 0.3 is 6.03 Å². The van der Waals surface area contributed by atoms with E-state index in [-0.39, 0.29) is 65.6 Å². The van der Waals surface area contributed by atoms with E-state index < -0.39 is 23.5 Å². The van der Waals surface area contributed by atoms with Crippen LogP contribution in [0.3, 0.4) is 0 Å². The third kappa shape index (κ3) is 5.20. The maximum Gasteiger partial charge on any atom is 0.319 e. The number of urea groups is 1. The van der Waals surface area contributed by atoms with E-state index in [0.29, 0.717) is 26.1 Å². The molecule has 3 aliphatic heterocycles. The van der Waals surface area contributed by atoms with Crippen molar-refractivity contribution in [3.63, 3.8) is 0 Å². The topological polar surface area (TPSA) is 144 Å². The molecule has 2 aliphatic carbocycles. The summed E-state index contributed by atoms with van der Waals surface area (Å²) in [5.41, 5.74) is -0.800. The zero-order chi connectivity index (χ0) is 28.3. The van der Waals surface area contributed by atoms with Crippen LogP contribution in [0.2, 0.25) is 0 Å². The summed E-state index contributed by atoms with van der Waals surface area (Å²) in [7, 11) is 0. The number of piperidine rings is 1. The molecule has 1 spiro atoms. The third-order valence-electron chi connectivity index (χ3n) is 9.63. The van der Waals surface area contributed by atoms with Crippen LogP contribution in [-0.2, 0) is 19.1 Å². The lowest BCUT2D eigenvalue weighted by molar-refractivity contribution is -0.144.